The summed E-state index contributed by atoms with van der Waals surface area (Å²) in [7, 11) is 1.74. The number of hydrogen-bond donors (Lipinski definition) is 0. The van der Waals surface area contributed by atoms with Crippen LogP contribution in [0, 0.1) is 5.82 Å². The number of nitrogens with zero attached hydrogens (tertiary/aromatic N) is 3. The van der Waals surface area contributed by atoms with Crippen LogP contribution in [0.5, 0.6) is 0 Å². The molecule has 33 heavy (non-hydrogen) atoms. The van der Waals surface area contributed by atoms with E-state index in [1.54, 1.807) is 24.2 Å². The van der Waals surface area contributed by atoms with Crippen LogP contribution in [-0.4, -0.2) is 52.4 Å². The number of ether oxygens (including phenoxy) is 2. The Balaban J connectivity index is 1.56. The maximum Gasteiger partial charge on any atom is 0.256 e. The monoisotopic (exact) mass is 451 g/mol. The van der Waals surface area contributed by atoms with E-state index in [-0.39, 0.29) is 11.9 Å². The summed E-state index contributed by atoms with van der Waals surface area (Å²) in [6, 6.07) is 6.45. The first-order valence-corrected chi connectivity index (χ1v) is 11.7. The van der Waals surface area contributed by atoms with E-state index in [4.69, 9.17) is 9.47 Å². The topological polar surface area (TPSA) is 56.6 Å². The van der Waals surface area contributed by atoms with Crippen molar-refractivity contribution in [2.24, 2.45) is 0 Å². The Labute approximate surface area is 193 Å². The van der Waals surface area contributed by atoms with Crippen LogP contribution in [0.15, 0.2) is 42.9 Å². The second kappa shape index (κ2) is 8.54. The van der Waals surface area contributed by atoms with Crippen molar-refractivity contribution >= 4 is 16.8 Å². The van der Waals surface area contributed by atoms with Gasteiger partial charge in [-0.05, 0) is 62.4 Å². The van der Waals surface area contributed by atoms with Gasteiger partial charge in [-0.3, -0.25) is 9.78 Å². The predicted octanol–water partition coefficient (Wildman–Crippen LogP) is 5.05. The number of aromatic nitrogens is 2. The molecule has 1 spiro atoms. The predicted molar refractivity (Wildman–Crippen MR) is 124 cm³/mol. The van der Waals surface area contributed by atoms with Crippen molar-refractivity contribution in [3.63, 3.8) is 0 Å². The highest BCUT2D eigenvalue weighted by molar-refractivity contribution is 5.99. The molecule has 2 aromatic heterocycles. The third-order valence-electron chi connectivity index (χ3n) is 7.18. The van der Waals surface area contributed by atoms with E-state index in [0.717, 1.165) is 36.6 Å². The second-order valence-corrected chi connectivity index (χ2v) is 9.40. The molecule has 6 nitrogen and oxygen atoms in total. The van der Waals surface area contributed by atoms with E-state index in [0.29, 0.717) is 30.4 Å². The smallest absolute Gasteiger partial charge is 0.256 e. The minimum Gasteiger partial charge on any atom is -0.348 e. The average molecular weight is 452 g/mol. The van der Waals surface area contributed by atoms with E-state index in [1.165, 1.54) is 17.7 Å². The van der Waals surface area contributed by atoms with Crippen LogP contribution in [-0.2, 0) is 9.47 Å². The fourth-order valence-electron chi connectivity index (χ4n) is 5.09. The summed E-state index contributed by atoms with van der Waals surface area (Å²) in [5.74, 6) is -0.688. The molecule has 1 amide bonds. The number of amides is 1. The Hall–Kier alpha value is -2.77. The zero-order valence-corrected chi connectivity index (χ0v) is 19.4. The molecule has 1 saturated carbocycles. The number of pyridine rings is 1. The van der Waals surface area contributed by atoms with Gasteiger partial charge in [-0.1, -0.05) is 0 Å². The lowest BCUT2D eigenvalue weighted by atomic mass is 9.81. The Bertz CT molecular complexity index is 1170. The van der Waals surface area contributed by atoms with Gasteiger partial charge in [0.1, 0.15) is 5.82 Å². The van der Waals surface area contributed by atoms with E-state index in [1.807, 2.05) is 30.7 Å². The molecule has 7 heteroatoms. The number of carbonyl (C=O) groups is 1. The van der Waals surface area contributed by atoms with Gasteiger partial charge in [0.05, 0.1) is 36.2 Å². The molecule has 0 atom stereocenters. The van der Waals surface area contributed by atoms with Crippen LogP contribution in [0.3, 0.4) is 0 Å². The van der Waals surface area contributed by atoms with E-state index in [2.05, 4.69) is 11.2 Å². The molecule has 2 fully saturated rings. The molecular weight excluding hydrogens is 421 g/mol. The molecule has 1 aromatic carbocycles. The molecule has 1 saturated heterocycles. The summed E-state index contributed by atoms with van der Waals surface area (Å²) in [5, 5.41) is 1.11. The van der Waals surface area contributed by atoms with Gasteiger partial charge >= 0.3 is 0 Å². The van der Waals surface area contributed by atoms with Gasteiger partial charge in [0.2, 0.25) is 0 Å². The normalized spacial score (nSPS) is 18.5. The minimum absolute atomic E-state index is 0.00170. The highest BCUT2D eigenvalue weighted by Gasteiger charge is 2.41. The molecule has 3 heterocycles. The van der Waals surface area contributed by atoms with Gasteiger partial charge in [-0.15, -0.1) is 0 Å². The third kappa shape index (κ3) is 3.93. The largest absolute Gasteiger partial charge is 0.348 e. The zero-order valence-electron chi connectivity index (χ0n) is 19.4. The third-order valence-corrected chi connectivity index (χ3v) is 7.18. The van der Waals surface area contributed by atoms with E-state index < -0.39 is 11.6 Å². The summed E-state index contributed by atoms with van der Waals surface area (Å²) in [6.07, 6.45) is 9.39. The average Bonchev–Trinajstić information content (AvgIpc) is 3.44. The molecule has 1 aliphatic carbocycles. The van der Waals surface area contributed by atoms with Crippen LogP contribution in [0.25, 0.3) is 16.6 Å². The first-order valence-electron chi connectivity index (χ1n) is 11.7. The molecule has 0 radical (unpaired) electrons. The zero-order chi connectivity index (χ0) is 23.2. The summed E-state index contributed by atoms with van der Waals surface area (Å²) in [5.41, 5.74) is 3.14. The molecule has 174 valence electrons. The molecule has 3 aromatic rings. The lowest BCUT2D eigenvalue weighted by molar-refractivity contribution is -0.178. The highest BCUT2D eigenvalue weighted by Crippen LogP contribution is 2.44. The standard InChI is InChI=1S/C26H30FN3O3/c1-17(2)29(3)25(31)21-14-19(27)4-5-23(21)30-16-22(20-8-11-28-15-24(20)30)18-6-9-26(10-7-18)32-12-13-33-26/h4-5,8,11,14-18H,6-7,9-10,12-13H2,1-3H3. The Kier molecular flexibility index (Phi) is 5.70. The molecule has 0 N–H and O–H groups in total. The van der Waals surface area contributed by atoms with Crippen LogP contribution in [0.4, 0.5) is 4.39 Å². The number of benzene rings is 1. The van der Waals surface area contributed by atoms with Crippen molar-refractivity contribution in [3.8, 4) is 5.69 Å². The van der Waals surface area contributed by atoms with Crippen LogP contribution < -0.4 is 0 Å². The lowest BCUT2D eigenvalue weighted by Crippen LogP contribution is -2.34. The molecule has 1 aliphatic heterocycles. The quantitative estimate of drug-likeness (QED) is 0.557. The molecule has 2 aliphatic rings. The van der Waals surface area contributed by atoms with Gasteiger partial charge in [0.15, 0.2) is 5.79 Å². The molecule has 0 bridgehead atoms. The molecule has 5 rings (SSSR count). The molecule has 0 unspecified atom stereocenters. The maximum absolute atomic E-state index is 14.2. The number of hydrogen-bond acceptors (Lipinski definition) is 4. The number of rotatable bonds is 4. The Morgan fingerprint density at radius 2 is 1.94 bits per heavy atom. The van der Waals surface area contributed by atoms with Gasteiger partial charge in [0.25, 0.3) is 5.91 Å². The first-order chi connectivity index (χ1) is 15.9. The van der Waals surface area contributed by atoms with Crippen LogP contribution in [0.2, 0.25) is 0 Å². The molecular formula is C26H30FN3O3. The van der Waals surface area contributed by atoms with Crippen molar-refractivity contribution < 1.29 is 18.7 Å². The number of fused-ring (bicyclic) bond motifs is 1. The van der Waals surface area contributed by atoms with Crippen LogP contribution >= 0.6 is 0 Å². The minimum atomic E-state index is -0.428. The summed E-state index contributed by atoms with van der Waals surface area (Å²) in [4.78, 5) is 19.2. The fourth-order valence-corrected chi connectivity index (χ4v) is 5.09. The Morgan fingerprint density at radius 3 is 2.64 bits per heavy atom. The van der Waals surface area contributed by atoms with Crippen molar-refractivity contribution in [1.29, 1.82) is 0 Å². The summed E-state index contributed by atoms with van der Waals surface area (Å²) < 4.78 is 28.0. The van der Waals surface area contributed by atoms with E-state index in [9.17, 15) is 9.18 Å². The van der Waals surface area contributed by atoms with Gasteiger partial charge in [0, 0.05) is 43.7 Å². The van der Waals surface area contributed by atoms with Gasteiger partial charge in [-0.2, -0.15) is 0 Å². The van der Waals surface area contributed by atoms with E-state index >= 15 is 0 Å². The fraction of sp³-hybridized carbons (Fsp3) is 0.462. The van der Waals surface area contributed by atoms with Crippen molar-refractivity contribution in [1.82, 2.24) is 14.5 Å². The van der Waals surface area contributed by atoms with Gasteiger partial charge < -0.3 is 18.9 Å². The lowest BCUT2D eigenvalue weighted by Gasteiger charge is -2.35. The number of halogens is 1. The van der Waals surface area contributed by atoms with Crippen molar-refractivity contribution in [3.05, 3.63) is 59.8 Å². The van der Waals surface area contributed by atoms with Crippen molar-refractivity contribution in [2.75, 3.05) is 20.3 Å². The van der Waals surface area contributed by atoms with Crippen molar-refractivity contribution in [2.45, 2.75) is 57.3 Å². The first kappa shape index (κ1) is 22.0. The van der Waals surface area contributed by atoms with Crippen LogP contribution in [0.1, 0.15) is 61.4 Å². The van der Waals surface area contributed by atoms with Gasteiger partial charge in [-0.25, -0.2) is 4.39 Å². The summed E-state index contributed by atoms with van der Waals surface area (Å²) >= 11 is 0. The second-order valence-electron chi connectivity index (χ2n) is 9.40. The number of carbonyl (C=O) groups excluding carboxylic acids is 1. The Morgan fingerprint density at radius 1 is 1.21 bits per heavy atom. The maximum atomic E-state index is 14.2. The SMILES string of the molecule is CC(C)N(C)C(=O)c1cc(F)ccc1-n1cc(C2CCC3(CC2)OCCO3)c2ccncc21. The highest BCUT2D eigenvalue weighted by atomic mass is 19.1. The summed E-state index contributed by atoms with van der Waals surface area (Å²) in [6.45, 7) is 5.22.